The standard InChI is InChI=1S/C15H17Cl2N5O/c1-21(2)12-7-8-18-15(19-12)22(3)9-13(23)20-14-10(16)5-4-6-11(14)17/h4-8H,9H2,1-3H3,(H,20,23). The molecule has 0 radical (unpaired) electrons. The number of para-hydroxylation sites is 1. The summed E-state index contributed by atoms with van der Waals surface area (Å²) in [6, 6.07) is 6.83. The fourth-order valence-corrected chi connectivity index (χ4v) is 2.35. The topological polar surface area (TPSA) is 61.4 Å². The first-order chi connectivity index (χ1) is 10.9. The Bertz CT molecular complexity index is 688. The highest BCUT2D eigenvalue weighted by molar-refractivity contribution is 6.39. The van der Waals surface area contributed by atoms with Crippen LogP contribution in [0.1, 0.15) is 0 Å². The van der Waals surface area contributed by atoms with Crippen molar-refractivity contribution < 1.29 is 4.79 Å². The summed E-state index contributed by atoms with van der Waals surface area (Å²) in [5.74, 6) is 0.953. The molecule has 0 aliphatic rings. The molecule has 0 saturated heterocycles. The summed E-state index contributed by atoms with van der Waals surface area (Å²) >= 11 is 12.1. The van der Waals surface area contributed by atoms with Gasteiger partial charge in [-0.2, -0.15) is 4.98 Å². The number of hydrogen-bond acceptors (Lipinski definition) is 5. The summed E-state index contributed by atoms with van der Waals surface area (Å²) in [4.78, 5) is 24.2. The molecule has 6 nitrogen and oxygen atoms in total. The van der Waals surface area contributed by atoms with Crippen LogP contribution < -0.4 is 15.1 Å². The summed E-state index contributed by atoms with van der Waals surface area (Å²) in [7, 11) is 5.51. The molecular formula is C15H17Cl2N5O. The fourth-order valence-electron chi connectivity index (χ4n) is 1.85. The maximum absolute atomic E-state index is 12.2. The highest BCUT2D eigenvalue weighted by atomic mass is 35.5. The zero-order chi connectivity index (χ0) is 17.0. The maximum Gasteiger partial charge on any atom is 0.244 e. The molecule has 0 fully saturated rings. The number of amides is 1. The van der Waals surface area contributed by atoms with Crippen molar-refractivity contribution in [3.05, 3.63) is 40.5 Å². The van der Waals surface area contributed by atoms with Crippen LogP contribution in [-0.2, 0) is 4.79 Å². The van der Waals surface area contributed by atoms with Crippen molar-refractivity contribution in [1.82, 2.24) is 9.97 Å². The number of nitrogens with one attached hydrogen (secondary N) is 1. The molecule has 1 N–H and O–H groups in total. The zero-order valence-electron chi connectivity index (χ0n) is 13.0. The van der Waals surface area contributed by atoms with Gasteiger partial charge in [-0.1, -0.05) is 29.3 Å². The average molecular weight is 354 g/mol. The van der Waals surface area contributed by atoms with Gasteiger partial charge in [-0.3, -0.25) is 4.79 Å². The molecule has 1 aromatic heterocycles. The van der Waals surface area contributed by atoms with Crippen LogP contribution in [0.5, 0.6) is 0 Å². The normalized spacial score (nSPS) is 10.3. The molecule has 1 heterocycles. The van der Waals surface area contributed by atoms with Gasteiger partial charge in [-0.05, 0) is 18.2 Å². The van der Waals surface area contributed by atoms with Gasteiger partial charge >= 0.3 is 0 Å². The monoisotopic (exact) mass is 353 g/mol. The Balaban J connectivity index is 2.07. The Hall–Kier alpha value is -2.05. The van der Waals surface area contributed by atoms with Crippen molar-refractivity contribution in [3.63, 3.8) is 0 Å². The quantitative estimate of drug-likeness (QED) is 0.895. The molecule has 2 rings (SSSR count). The van der Waals surface area contributed by atoms with E-state index >= 15 is 0 Å². The zero-order valence-corrected chi connectivity index (χ0v) is 14.6. The van der Waals surface area contributed by atoms with Crippen LogP contribution in [-0.4, -0.2) is 43.6 Å². The highest BCUT2D eigenvalue weighted by Gasteiger charge is 2.14. The van der Waals surface area contributed by atoms with E-state index in [1.54, 1.807) is 42.4 Å². The Morgan fingerprint density at radius 3 is 2.43 bits per heavy atom. The van der Waals surface area contributed by atoms with Crippen LogP contribution in [0.4, 0.5) is 17.5 Å². The summed E-state index contributed by atoms with van der Waals surface area (Å²) in [5, 5.41) is 3.48. The van der Waals surface area contributed by atoms with E-state index in [1.165, 1.54) is 0 Å². The minimum absolute atomic E-state index is 0.0679. The van der Waals surface area contributed by atoms with E-state index in [1.807, 2.05) is 19.0 Å². The minimum Gasteiger partial charge on any atom is -0.363 e. The van der Waals surface area contributed by atoms with E-state index < -0.39 is 0 Å². The van der Waals surface area contributed by atoms with Gasteiger partial charge in [0, 0.05) is 27.3 Å². The number of nitrogens with zero attached hydrogens (tertiary/aromatic N) is 4. The number of carbonyl (C=O) groups is 1. The molecule has 0 aliphatic heterocycles. The number of carbonyl (C=O) groups excluding carboxylic acids is 1. The average Bonchev–Trinajstić information content (AvgIpc) is 2.51. The molecule has 1 aromatic carbocycles. The number of likely N-dealkylation sites (N-methyl/N-ethyl adjacent to an activating group) is 1. The van der Waals surface area contributed by atoms with Crippen LogP contribution >= 0.6 is 23.2 Å². The number of aromatic nitrogens is 2. The molecule has 0 unspecified atom stereocenters. The molecule has 0 atom stereocenters. The summed E-state index contributed by atoms with van der Waals surface area (Å²) in [5.41, 5.74) is 0.400. The molecule has 2 aromatic rings. The molecule has 8 heteroatoms. The second-order valence-corrected chi connectivity index (χ2v) is 5.92. The number of hydrogen-bond donors (Lipinski definition) is 1. The van der Waals surface area contributed by atoms with E-state index in [9.17, 15) is 4.79 Å². The summed E-state index contributed by atoms with van der Waals surface area (Å²) in [6.07, 6.45) is 1.65. The third kappa shape index (κ3) is 4.46. The first kappa shape index (κ1) is 17.3. The molecule has 1 amide bonds. The van der Waals surface area contributed by atoms with Crippen molar-refractivity contribution in [3.8, 4) is 0 Å². The first-order valence-corrected chi connectivity index (χ1v) is 7.59. The first-order valence-electron chi connectivity index (χ1n) is 6.84. The number of benzene rings is 1. The van der Waals surface area contributed by atoms with Gasteiger partial charge < -0.3 is 15.1 Å². The van der Waals surface area contributed by atoms with Crippen molar-refractivity contribution >= 4 is 46.6 Å². The van der Waals surface area contributed by atoms with Crippen molar-refractivity contribution in [2.75, 3.05) is 42.8 Å². The lowest BCUT2D eigenvalue weighted by molar-refractivity contribution is -0.114. The maximum atomic E-state index is 12.2. The Morgan fingerprint density at radius 1 is 1.17 bits per heavy atom. The Kier molecular flexibility index (Phi) is 5.63. The van der Waals surface area contributed by atoms with E-state index in [2.05, 4.69) is 15.3 Å². The van der Waals surface area contributed by atoms with Gasteiger partial charge in [0.2, 0.25) is 11.9 Å². The smallest absolute Gasteiger partial charge is 0.244 e. The van der Waals surface area contributed by atoms with Gasteiger partial charge in [-0.15, -0.1) is 0 Å². The largest absolute Gasteiger partial charge is 0.363 e. The second-order valence-electron chi connectivity index (χ2n) is 5.11. The molecule has 0 saturated carbocycles. The Labute approximate surface area is 145 Å². The fraction of sp³-hybridized carbons (Fsp3) is 0.267. The van der Waals surface area contributed by atoms with Crippen molar-refractivity contribution in [2.45, 2.75) is 0 Å². The lowest BCUT2D eigenvalue weighted by Gasteiger charge is -2.19. The van der Waals surface area contributed by atoms with Crippen LogP contribution in [0.25, 0.3) is 0 Å². The molecular weight excluding hydrogens is 337 g/mol. The number of rotatable bonds is 5. The summed E-state index contributed by atoms with van der Waals surface area (Å²) < 4.78 is 0. The van der Waals surface area contributed by atoms with E-state index in [4.69, 9.17) is 23.2 Å². The van der Waals surface area contributed by atoms with Crippen LogP contribution in [0.3, 0.4) is 0 Å². The lowest BCUT2D eigenvalue weighted by Crippen LogP contribution is -2.31. The highest BCUT2D eigenvalue weighted by Crippen LogP contribution is 2.29. The van der Waals surface area contributed by atoms with Gasteiger partial charge in [0.1, 0.15) is 5.82 Å². The van der Waals surface area contributed by atoms with Gasteiger partial charge in [0.05, 0.1) is 22.3 Å². The van der Waals surface area contributed by atoms with Gasteiger partial charge in [0.15, 0.2) is 0 Å². The van der Waals surface area contributed by atoms with Crippen molar-refractivity contribution in [2.24, 2.45) is 0 Å². The molecule has 0 aliphatic carbocycles. The predicted molar refractivity (Wildman–Crippen MR) is 94.7 cm³/mol. The second kappa shape index (κ2) is 7.48. The van der Waals surface area contributed by atoms with E-state index in [0.29, 0.717) is 21.7 Å². The van der Waals surface area contributed by atoms with Crippen LogP contribution in [0.2, 0.25) is 10.0 Å². The minimum atomic E-state index is -0.263. The van der Waals surface area contributed by atoms with Crippen molar-refractivity contribution in [1.29, 1.82) is 0 Å². The third-order valence-corrected chi connectivity index (χ3v) is 3.67. The van der Waals surface area contributed by atoms with E-state index in [0.717, 1.165) is 5.82 Å². The molecule has 23 heavy (non-hydrogen) atoms. The third-order valence-electron chi connectivity index (χ3n) is 3.04. The Morgan fingerprint density at radius 2 is 1.83 bits per heavy atom. The predicted octanol–water partition coefficient (Wildman–Crippen LogP) is 2.92. The number of anilines is 3. The molecule has 122 valence electrons. The molecule has 0 spiro atoms. The number of halogens is 2. The lowest BCUT2D eigenvalue weighted by atomic mass is 10.3. The van der Waals surface area contributed by atoms with Gasteiger partial charge in [0.25, 0.3) is 0 Å². The van der Waals surface area contributed by atoms with Crippen LogP contribution in [0.15, 0.2) is 30.5 Å². The van der Waals surface area contributed by atoms with E-state index in [-0.39, 0.29) is 12.5 Å². The summed E-state index contributed by atoms with van der Waals surface area (Å²) in [6.45, 7) is 0.0679. The van der Waals surface area contributed by atoms with Gasteiger partial charge in [-0.25, -0.2) is 4.98 Å². The van der Waals surface area contributed by atoms with Crippen LogP contribution in [0, 0.1) is 0 Å². The SMILES string of the molecule is CN(C)c1ccnc(N(C)CC(=O)Nc2c(Cl)cccc2Cl)n1. The molecule has 0 bridgehead atoms.